The highest BCUT2D eigenvalue weighted by Crippen LogP contribution is 2.34. The molecule has 0 fully saturated rings. The summed E-state index contributed by atoms with van der Waals surface area (Å²) in [4.78, 5) is 12.1. The Balaban J connectivity index is 2.89. The molecule has 0 N–H and O–H groups in total. The minimum Gasteiger partial charge on any atom is -0.469 e. The summed E-state index contributed by atoms with van der Waals surface area (Å²) >= 11 is 0. The van der Waals surface area contributed by atoms with E-state index in [0.29, 0.717) is 5.92 Å². The molecule has 1 rings (SSSR count). The first-order valence-corrected chi connectivity index (χ1v) is 7.51. The molecule has 0 bridgehead atoms. The van der Waals surface area contributed by atoms with Crippen molar-refractivity contribution in [2.24, 2.45) is 11.8 Å². The Morgan fingerprint density at radius 2 is 2.21 bits per heavy atom. The number of ether oxygens (including phenoxy) is 1. The van der Waals surface area contributed by atoms with Crippen LogP contribution in [0.1, 0.15) is 58.8 Å². The van der Waals surface area contributed by atoms with Crippen LogP contribution in [0.5, 0.6) is 0 Å². The van der Waals surface area contributed by atoms with Crippen LogP contribution in [0.2, 0.25) is 0 Å². The zero-order chi connectivity index (χ0) is 14.3. The molecule has 1 aliphatic carbocycles. The maximum Gasteiger partial charge on any atom is 0.313 e. The molecule has 19 heavy (non-hydrogen) atoms. The van der Waals surface area contributed by atoms with Gasteiger partial charge in [-0.05, 0) is 44.9 Å². The molecular formula is C17H28O2. The van der Waals surface area contributed by atoms with Crippen LogP contribution in [-0.4, -0.2) is 13.1 Å². The minimum atomic E-state index is -0.101. The SMILES string of the molecule is C=C1CC/C=C(\C)CC[C@H](CCCC)C1C(=O)OC. The Bertz CT molecular complexity index is 341. The van der Waals surface area contributed by atoms with Crippen molar-refractivity contribution in [1.82, 2.24) is 0 Å². The molecule has 0 aromatic carbocycles. The number of hydrogen-bond acceptors (Lipinski definition) is 2. The van der Waals surface area contributed by atoms with Gasteiger partial charge in [-0.1, -0.05) is 43.6 Å². The highest BCUT2D eigenvalue weighted by molar-refractivity contribution is 5.76. The van der Waals surface area contributed by atoms with Gasteiger partial charge in [0.15, 0.2) is 0 Å². The molecule has 0 saturated carbocycles. The lowest BCUT2D eigenvalue weighted by molar-refractivity contribution is -0.146. The predicted octanol–water partition coefficient (Wildman–Crippen LogP) is 4.66. The van der Waals surface area contributed by atoms with E-state index in [-0.39, 0.29) is 11.9 Å². The van der Waals surface area contributed by atoms with E-state index >= 15 is 0 Å². The molecule has 108 valence electrons. The average Bonchev–Trinajstić information content (AvgIpc) is 2.46. The van der Waals surface area contributed by atoms with Crippen LogP contribution in [-0.2, 0) is 9.53 Å². The van der Waals surface area contributed by atoms with Crippen LogP contribution in [0.3, 0.4) is 0 Å². The number of esters is 1. The largest absolute Gasteiger partial charge is 0.469 e. The second-order valence-corrected chi connectivity index (χ2v) is 5.69. The van der Waals surface area contributed by atoms with Crippen LogP contribution in [0.4, 0.5) is 0 Å². The monoisotopic (exact) mass is 264 g/mol. The summed E-state index contributed by atoms with van der Waals surface area (Å²) in [5, 5.41) is 0. The molecule has 0 spiro atoms. The molecule has 2 nitrogen and oxygen atoms in total. The highest BCUT2D eigenvalue weighted by Gasteiger charge is 2.31. The van der Waals surface area contributed by atoms with Crippen LogP contribution in [0.15, 0.2) is 23.8 Å². The summed E-state index contributed by atoms with van der Waals surface area (Å²) in [5.41, 5.74) is 2.50. The quantitative estimate of drug-likeness (QED) is 0.545. The number of rotatable bonds is 4. The molecule has 1 aliphatic rings. The highest BCUT2D eigenvalue weighted by atomic mass is 16.5. The zero-order valence-corrected chi connectivity index (χ0v) is 12.7. The van der Waals surface area contributed by atoms with E-state index in [1.165, 1.54) is 25.5 Å². The second kappa shape index (κ2) is 8.19. The van der Waals surface area contributed by atoms with E-state index in [1.54, 1.807) is 0 Å². The Labute approximate surface area is 117 Å². The Kier molecular flexibility index (Phi) is 6.90. The van der Waals surface area contributed by atoms with Gasteiger partial charge in [0.2, 0.25) is 0 Å². The first-order valence-electron chi connectivity index (χ1n) is 7.51. The van der Waals surface area contributed by atoms with Gasteiger partial charge >= 0.3 is 5.97 Å². The minimum absolute atomic E-state index is 0.0920. The van der Waals surface area contributed by atoms with Crippen molar-refractivity contribution < 1.29 is 9.53 Å². The maximum atomic E-state index is 12.1. The zero-order valence-electron chi connectivity index (χ0n) is 12.7. The molecule has 1 unspecified atom stereocenters. The van der Waals surface area contributed by atoms with Crippen molar-refractivity contribution in [3.63, 3.8) is 0 Å². The van der Waals surface area contributed by atoms with E-state index in [2.05, 4.69) is 26.5 Å². The normalized spacial score (nSPS) is 27.7. The second-order valence-electron chi connectivity index (χ2n) is 5.69. The standard InChI is InChI=1S/C17H28O2/c1-5-6-10-15-12-11-13(2)8-7-9-14(3)16(15)17(18)19-4/h8,15-16H,3,5-7,9-12H2,1-2,4H3/b13-8+/t15-,16?/m0/s1. The molecule has 0 heterocycles. The number of methoxy groups -OCH3 is 1. The van der Waals surface area contributed by atoms with Crippen LogP contribution < -0.4 is 0 Å². The lowest BCUT2D eigenvalue weighted by Gasteiger charge is -2.26. The van der Waals surface area contributed by atoms with Gasteiger partial charge in [0.1, 0.15) is 0 Å². The number of carbonyl (C=O) groups is 1. The van der Waals surface area contributed by atoms with Crippen LogP contribution >= 0.6 is 0 Å². The van der Waals surface area contributed by atoms with E-state index < -0.39 is 0 Å². The summed E-state index contributed by atoms with van der Waals surface area (Å²) in [5.74, 6) is 0.197. The molecule has 2 heteroatoms. The van der Waals surface area contributed by atoms with Crippen molar-refractivity contribution in [3.8, 4) is 0 Å². The molecule has 0 amide bonds. The predicted molar refractivity (Wildman–Crippen MR) is 79.9 cm³/mol. The van der Waals surface area contributed by atoms with E-state index in [0.717, 1.165) is 37.7 Å². The smallest absolute Gasteiger partial charge is 0.313 e. The van der Waals surface area contributed by atoms with Gasteiger partial charge in [-0.15, -0.1) is 0 Å². The first kappa shape index (κ1) is 16.0. The van der Waals surface area contributed by atoms with Gasteiger partial charge in [-0.2, -0.15) is 0 Å². The van der Waals surface area contributed by atoms with Gasteiger partial charge in [0.05, 0.1) is 13.0 Å². The van der Waals surface area contributed by atoms with E-state index in [1.807, 2.05) is 0 Å². The summed E-state index contributed by atoms with van der Waals surface area (Å²) < 4.78 is 5.02. The summed E-state index contributed by atoms with van der Waals surface area (Å²) in [6.45, 7) is 8.55. The molecular weight excluding hydrogens is 236 g/mol. The van der Waals surface area contributed by atoms with Gasteiger partial charge in [0.25, 0.3) is 0 Å². The van der Waals surface area contributed by atoms with Crippen molar-refractivity contribution in [2.75, 3.05) is 7.11 Å². The number of carbonyl (C=O) groups excluding carboxylic acids is 1. The van der Waals surface area contributed by atoms with Crippen molar-refractivity contribution in [3.05, 3.63) is 23.8 Å². The molecule has 0 saturated heterocycles. The van der Waals surface area contributed by atoms with Crippen LogP contribution in [0, 0.1) is 11.8 Å². The average molecular weight is 264 g/mol. The molecule has 0 radical (unpaired) electrons. The fourth-order valence-electron chi connectivity index (χ4n) is 2.94. The van der Waals surface area contributed by atoms with Crippen LogP contribution in [0.25, 0.3) is 0 Å². The molecule has 2 atom stereocenters. The third-order valence-electron chi connectivity index (χ3n) is 4.16. The lowest BCUT2D eigenvalue weighted by Crippen LogP contribution is -2.27. The Morgan fingerprint density at radius 1 is 1.47 bits per heavy atom. The molecule has 0 aromatic heterocycles. The Morgan fingerprint density at radius 3 is 2.84 bits per heavy atom. The number of hydrogen-bond donors (Lipinski definition) is 0. The molecule has 0 aromatic rings. The van der Waals surface area contributed by atoms with E-state index in [9.17, 15) is 4.79 Å². The topological polar surface area (TPSA) is 26.3 Å². The summed E-state index contributed by atoms with van der Waals surface area (Å²) in [7, 11) is 1.49. The molecule has 0 aliphatic heterocycles. The van der Waals surface area contributed by atoms with Crippen molar-refractivity contribution in [2.45, 2.75) is 58.8 Å². The summed E-state index contributed by atoms with van der Waals surface area (Å²) in [6, 6.07) is 0. The fraction of sp³-hybridized carbons (Fsp3) is 0.706. The van der Waals surface area contributed by atoms with Crippen molar-refractivity contribution >= 4 is 5.97 Å². The summed E-state index contributed by atoms with van der Waals surface area (Å²) in [6.07, 6.45) is 9.80. The van der Waals surface area contributed by atoms with Crippen molar-refractivity contribution in [1.29, 1.82) is 0 Å². The fourth-order valence-corrected chi connectivity index (χ4v) is 2.94. The number of allylic oxidation sites excluding steroid dienone is 2. The Hall–Kier alpha value is -1.05. The first-order chi connectivity index (χ1) is 9.10. The van der Waals surface area contributed by atoms with Gasteiger partial charge in [-0.25, -0.2) is 0 Å². The lowest BCUT2D eigenvalue weighted by atomic mass is 9.79. The van der Waals surface area contributed by atoms with Gasteiger partial charge in [0, 0.05) is 0 Å². The third-order valence-corrected chi connectivity index (χ3v) is 4.16. The van der Waals surface area contributed by atoms with Gasteiger partial charge < -0.3 is 4.74 Å². The third kappa shape index (κ3) is 4.85. The van der Waals surface area contributed by atoms with Gasteiger partial charge in [-0.3, -0.25) is 4.79 Å². The number of unbranched alkanes of at least 4 members (excludes halogenated alkanes) is 1. The maximum absolute atomic E-state index is 12.1. The van der Waals surface area contributed by atoms with E-state index in [4.69, 9.17) is 4.74 Å².